The van der Waals surface area contributed by atoms with Gasteiger partial charge in [0.05, 0.1) is 19.4 Å². The van der Waals surface area contributed by atoms with Crippen LogP contribution in [0.2, 0.25) is 5.02 Å². The van der Waals surface area contributed by atoms with E-state index < -0.39 is 28.0 Å². The average Bonchev–Trinajstić information content (AvgIpc) is 3.50. The Morgan fingerprint density at radius 2 is 1.80 bits per heavy atom. The Balaban J connectivity index is 1.67. The molecule has 3 aromatic carbocycles. The van der Waals surface area contributed by atoms with Gasteiger partial charge in [0.15, 0.2) is 0 Å². The zero-order chi connectivity index (χ0) is 36.0. The van der Waals surface area contributed by atoms with Crippen molar-refractivity contribution < 1.29 is 40.2 Å². The van der Waals surface area contributed by atoms with Gasteiger partial charge < -0.3 is 14.0 Å². The Bertz CT molecular complexity index is 2190. The summed E-state index contributed by atoms with van der Waals surface area (Å²) in [6.45, 7) is 5.03. The maximum Gasteiger partial charge on any atom is 0.511 e. The number of aryl methyl sites for hydroxylation is 4. The Labute approximate surface area is 286 Å². The number of nitrogens with zero attached hydrogens (tertiary/aromatic N) is 4. The number of aromatic nitrogens is 3. The minimum absolute atomic E-state index is 0.00685. The fraction of sp³-hybridized carbons (Fsp3) is 0.353. The zero-order valence-corrected chi connectivity index (χ0v) is 29.3. The molecule has 9 nitrogen and oxygen atoms in total. The summed E-state index contributed by atoms with van der Waals surface area (Å²) in [5.41, 5.74) is -2.02. The highest BCUT2D eigenvalue weighted by Crippen LogP contribution is 2.44. The molecule has 0 radical (unpaired) electrons. The molecule has 0 spiro atoms. The average molecular weight is 723 g/mol. The number of hydrogen-bond donors (Lipinski definition) is 0. The molecule has 0 amide bonds. The van der Waals surface area contributed by atoms with Crippen molar-refractivity contribution in [3.63, 3.8) is 0 Å². The van der Waals surface area contributed by atoms with Gasteiger partial charge >= 0.3 is 21.5 Å². The van der Waals surface area contributed by atoms with E-state index in [-0.39, 0.29) is 39.6 Å². The second kappa shape index (κ2) is 13.6. The molecule has 0 atom stereocenters. The summed E-state index contributed by atoms with van der Waals surface area (Å²) in [5, 5.41) is 6.50. The molecule has 0 fully saturated rings. The van der Waals surface area contributed by atoms with Crippen molar-refractivity contribution in [3.8, 4) is 16.9 Å². The molecule has 2 heterocycles. The minimum atomic E-state index is -5.78. The highest BCUT2D eigenvalue weighted by molar-refractivity contribution is 7.89. The third-order valence-corrected chi connectivity index (χ3v) is 10.4. The highest BCUT2D eigenvalue weighted by atomic mass is 35.5. The summed E-state index contributed by atoms with van der Waals surface area (Å²) < 4.78 is 94.6. The van der Waals surface area contributed by atoms with E-state index in [0.717, 1.165) is 19.7 Å². The van der Waals surface area contributed by atoms with Gasteiger partial charge in [-0.1, -0.05) is 24.6 Å². The van der Waals surface area contributed by atoms with Crippen LogP contribution in [0, 0.1) is 19.7 Å². The van der Waals surface area contributed by atoms with Crippen molar-refractivity contribution in [2.45, 2.75) is 52.2 Å². The lowest BCUT2D eigenvalue weighted by Gasteiger charge is -2.20. The van der Waals surface area contributed by atoms with Gasteiger partial charge in [-0.15, -0.1) is 0 Å². The summed E-state index contributed by atoms with van der Waals surface area (Å²) in [7, 11) is -2.10. The van der Waals surface area contributed by atoms with E-state index in [9.17, 15) is 30.8 Å². The molecule has 15 heteroatoms. The fourth-order valence-electron chi connectivity index (χ4n) is 6.17. The summed E-state index contributed by atoms with van der Waals surface area (Å²) in [6, 6.07) is 11.3. The first-order chi connectivity index (χ1) is 23.0. The molecule has 0 unspecified atom stereocenters. The number of fused-ring (bicyclic) bond motifs is 2. The maximum atomic E-state index is 13.9. The number of esters is 1. The molecule has 0 aliphatic rings. The van der Waals surface area contributed by atoms with Gasteiger partial charge in [0.1, 0.15) is 17.3 Å². The van der Waals surface area contributed by atoms with Gasteiger partial charge in [-0.05, 0) is 74.0 Å². The van der Waals surface area contributed by atoms with Crippen molar-refractivity contribution in [3.05, 3.63) is 81.5 Å². The van der Waals surface area contributed by atoms with Crippen molar-refractivity contribution in [2.75, 3.05) is 20.8 Å². The Kier molecular flexibility index (Phi) is 10.1. The van der Waals surface area contributed by atoms with Crippen LogP contribution in [0.5, 0.6) is 5.75 Å². The Hall–Kier alpha value is -4.14. The normalized spacial score (nSPS) is 12.4. The SMILES string of the molecule is CCc1nn(C)c(C)c1-c1c(Cl)ccc2c1c(CN(C)S(=O)(=O)C(F)(F)F)c(C(=O)OC)n2CCCOc1cc(C)cc2cc(F)ccc12. The van der Waals surface area contributed by atoms with Gasteiger partial charge in [0.25, 0.3) is 0 Å². The zero-order valence-electron chi connectivity index (χ0n) is 27.7. The predicted molar refractivity (Wildman–Crippen MR) is 180 cm³/mol. The summed E-state index contributed by atoms with van der Waals surface area (Å²) in [6.07, 6.45) is 0.800. The molecule has 0 N–H and O–H groups in total. The molecule has 5 rings (SSSR count). The van der Waals surface area contributed by atoms with Crippen LogP contribution >= 0.6 is 11.6 Å². The molecule has 0 saturated heterocycles. The van der Waals surface area contributed by atoms with Crippen LogP contribution in [-0.2, 0) is 41.3 Å². The van der Waals surface area contributed by atoms with E-state index in [1.54, 1.807) is 34.5 Å². The number of hydrogen-bond acceptors (Lipinski definition) is 6. The molecular weight excluding hydrogens is 688 g/mol. The predicted octanol–water partition coefficient (Wildman–Crippen LogP) is 7.70. The number of rotatable bonds is 11. The van der Waals surface area contributed by atoms with Crippen molar-refractivity contribution in [1.82, 2.24) is 18.7 Å². The number of ether oxygens (including phenoxy) is 2. The molecule has 2 aromatic heterocycles. The lowest BCUT2D eigenvalue weighted by Crippen LogP contribution is -2.38. The Morgan fingerprint density at radius 1 is 1.08 bits per heavy atom. The number of methoxy groups -OCH3 is 1. The third-order valence-electron chi connectivity index (χ3n) is 8.54. The monoisotopic (exact) mass is 722 g/mol. The fourth-order valence-corrected chi connectivity index (χ4v) is 7.07. The van der Waals surface area contributed by atoms with Gasteiger partial charge in [-0.2, -0.15) is 22.6 Å². The van der Waals surface area contributed by atoms with E-state index in [0.29, 0.717) is 62.8 Å². The van der Waals surface area contributed by atoms with Gasteiger partial charge in [-0.3, -0.25) is 4.68 Å². The van der Waals surface area contributed by atoms with Gasteiger partial charge in [-0.25, -0.2) is 17.6 Å². The van der Waals surface area contributed by atoms with Crippen molar-refractivity contribution >= 4 is 49.3 Å². The standard InChI is InChI=1S/C34H35ClF4N4O5S/c1-7-26-29(20(3)42(5)40-26)31-25(35)11-12-27-30(31)24(18-41(4)49(45,46)34(37,38)39)32(33(44)47-6)43(27)13-8-14-48-28-16-19(2)15-21-17-22(36)9-10-23(21)28/h9-12,15-17H,7-8,13-14,18H2,1-6H3. The number of benzene rings is 3. The maximum absolute atomic E-state index is 13.9. The largest absolute Gasteiger partial charge is 0.511 e. The molecule has 0 aliphatic heterocycles. The van der Waals surface area contributed by atoms with Crippen LogP contribution in [0.25, 0.3) is 32.8 Å². The van der Waals surface area contributed by atoms with Crippen LogP contribution in [0.3, 0.4) is 0 Å². The topological polar surface area (TPSA) is 95.7 Å². The summed E-state index contributed by atoms with van der Waals surface area (Å²) in [4.78, 5) is 13.5. The third kappa shape index (κ3) is 6.61. The van der Waals surface area contributed by atoms with Gasteiger partial charge in [0, 0.05) is 70.9 Å². The van der Waals surface area contributed by atoms with Crippen LogP contribution < -0.4 is 4.74 Å². The molecular formula is C34H35ClF4N4O5S. The molecule has 49 heavy (non-hydrogen) atoms. The van der Waals surface area contributed by atoms with Crippen LogP contribution in [0.1, 0.15) is 46.3 Å². The number of halogens is 5. The second-order valence-electron chi connectivity index (χ2n) is 11.7. The second-order valence-corrected chi connectivity index (χ2v) is 14.2. The van der Waals surface area contributed by atoms with E-state index >= 15 is 0 Å². The quantitative estimate of drug-likeness (QED) is 0.0788. The van der Waals surface area contributed by atoms with Crippen LogP contribution in [0.15, 0.2) is 42.5 Å². The lowest BCUT2D eigenvalue weighted by atomic mass is 9.95. The first-order valence-electron chi connectivity index (χ1n) is 15.3. The Morgan fingerprint density at radius 3 is 2.45 bits per heavy atom. The summed E-state index contributed by atoms with van der Waals surface area (Å²) >= 11 is 6.84. The number of sulfonamides is 1. The van der Waals surface area contributed by atoms with Crippen molar-refractivity contribution in [2.24, 2.45) is 7.05 Å². The minimum Gasteiger partial charge on any atom is -0.493 e. The smallest absolute Gasteiger partial charge is 0.493 e. The van der Waals surface area contributed by atoms with E-state index in [4.69, 9.17) is 21.1 Å². The van der Waals surface area contributed by atoms with E-state index in [1.165, 1.54) is 12.1 Å². The molecule has 0 saturated carbocycles. The molecule has 0 aliphatic carbocycles. The van der Waals surface area contributed by atoms with Crippen LogP contribution in [0.4, 0.5) is 17.6 Å². The van der Waals surface area contributed by atoms with E-state index in [1.807, 2.05) is 32.9 Å². The molecule has 0 bridgehead atoms. The number of carbonyl (C=O) groups excluding carboxylic acids is 1. The first kappa shape index (κ1) is 36.1. The van der Waals surface area contributed by atoms with E-state index in [2.05, 4.69) is 5.10 Å². The lowest BCUT2D eigenvalue weighted by molar-refractivity contribution is -0.0484. The highest BCUT2D eigenvalue weighted by Gasteiger charge is 2.49. The first-order valence-corrected chi connectivity index (χ1v) is 17.1. The molecule has 262 valence electrons. The van der Waals surface area contributed by atoms with Gasteiger partial charge in [0.2, 0.25) is 0 Å². The number of carbonyl (C=O) groups is 1. The molecule has 5 aromatic rings. The summed E-state index contributed by atoms with van der Waals surface area (Å²) in [5.74, 6) is -0.721. The van der Waals surface area contributed by atoms with Crippen molar-refractivity contribution in [1.29, 1.82) is 0 Å². The van der Waals surface area contributed by atoms with Crippen LogP contribution in [-0.4, -0.2) is 59.3 Å². The number of alkyl halides is 3.